The summed E-state index contributed by atoms with van der Waals surface area (Å²) in [5.74, 6) is 0.0447. The molecule has 1 aromatic heterocycles. The van der Waals surface area contributed by atoms with E-state index < -0.39 is 17.4 Å². The van der Waals surface area contributed by atoms with Gasteiger partial charge < -0.3 is 24.7 Å². The molecule has 10 nitrogen and oxygen atoms in total. The molecule has 2 aliphatic rings. The first-order valence-corrected chi connectivity index (χ1v) is 11.5. The van der Waals surface area contributed by atoms with E-state index in [1.807, 2.05) is 18.7 Å². The molecular formula is C24H31N5O5. The zero-order chi connectivity index (χ0) is 24.3. The highest BCUT2D eigenvalue weighted by Gasteiger charge is 2.35. The van der Waals surface area contributed by atoms with E-state index in [0.29, 0.717) is 42.4 Å². The maximum absolute atomic E-state index is 12.6. The van der Waals surface area contributed by atoms with E-state index in [0.717, 1.165) is 25.9 Å². The molecule has 1 saturated carbocycles. The monoisotopic (exact) mass is 469 g/mol. The predicted molar refractivity (Wildman–Crippen MR) is 125 cm³/mol. The van der Waals surface area contributed by atoms with Crippen molar-refractivity contribution in [3.63, 3.8) is 0 Å². The highest BCUT2D eigenvalue weighted by molar-refractivity contribution is 6.39. The van der Waals surface area contributed by atoms with Crippen LogP contribution in [0.1, 0.15) is 26.7 Å². The lowest BCUT2D eigenvalue weighted by atomic mass is 10.0. The van der Waals surface area contributed by atoms with Crippen LogP contribution in [0.2, 0.25) is 0 Å². The van der Waals surface area contributed by atoms with Crippen molar-refractivity contribution in [2.75, 3.05) is 45.2 Å². The number of nitrogens with zero attached hydrogens (tertiary/aromatic N) is 3. The number of nitrogens with one attached hydrogen (secondary N) is 2. The number of hydrogen-bond donors (Lipinski definition) is 2. The second-order valence-electron chi connectivity index (χ2n) is 9.45. The molecule has 2 fully saturated rings. The summed E-state index contributed by atoms with van der Waals surface area (Å²) in [7, 11) is 1.51. The topological polar surface area (TPSA) is 117 Å². The number of rotatable bonds is 7. The Morgan fingerprint density at radius 2 is 1.88 bits per heavy atom. The minimum atomic E-state index is -0.762. The standard InChI is InChI=1S/C24H31N5O5/c1-24(2,14-28-8-10-29(11-9-28)23(32)16-4-5-16)27-22(31)21(30)26-17-6-7-18(19(12-17)33-3)20-13-25-15-34-20/h6-7,12-13,15-16H,4-5,8-11,14H2,1-3H3,(H,26,30)(H,27,31). The van der Waals surface area contributed by atoms with Gasteiger partial charge >= 0.3 is 11.8 Å². The number of carbonyl (C=O) groups excluding carboxylic acids is 3. The summed E-state index contributed by atoms with van der Waals surface area (Å²) >= 11 is 0. The van der Waals surface area contributed by atoms with E-state index in [-0.39, 0.29) is 11.8 Å². The third-order valence-electron chi connectivity index (χ3n) is 6.04. The van der Waals surface area contributed by atoms with E-state index in [4.69, 9.17) is 9.15 Å². The van der Waals surface area contributed by atoms with Gasteiger partial charge in [0.2, 0.25) is 5.91 Å². The number of anilines is 1. The first-order valence-electron chi connectivity index (χ1n) is 11.5. The highest BCUT2D eigenvalue weighted by Crippen LogP contribution is 2.32. The van der Waals surface area contributed by atoms with Crippen molar-refractivity contribution in [1.82, 2.24) is 20.1 Å². The third kappa shape index (κ3) is 5.74. The van der Waals surface area contributed by atoms with Gasteiger partial charge in [0.25, 0.3) is 0 Å². The van der Waals surface area contributed by atoms with Crippen molar-refractivity contribution in [1.29, 1.82) is 0 Å². The van der Waals surface area contributed by atoms with Gasteiger partial charge in [-0.05, 0) is 38.8 Å². The Bertz CT molecular complexity index is 1040. The number of ether oxygens (including phenoxy) is 1. The first kappa shape index (κ1) is 23.7. The molecule has 34 heavy (non-hydrogen) atoms. The second-order valence-corrected chi connectivity index (χ2v) is 9.45. The Morgan fingerprint density at radius 1 is 1.15 bits per heavy atom. The fraction of sp³-hybridized carbons (Fsp3) is 0.500. The van der Waals surface area contributed by atoms with Crippen LogP contribution in [0.5, 0.6) is 5.75 Å². The van der Waals surface area contributed by atoms with Gasteiger partial charge in [0, 0.05) is 55.9 Å². The Morgan fingerprint density at radius 3 is 2.50 bits per heavy atom. The molecular weight excluding hydrogens is 438 g/mol. The second kappa shape index (κ2) is 9.84. The largest absolute Gasteiger partial charge is 0.496 e. The lowest BCUT2D eigenvalue weighted by Crippen LogP contribution is -2.57. The van der Waals surface area contributed by atoms with Gasteiger partial charge in [-0.1, -0.05) is 0 Å². The van der Waals surface area contributed by atoms with Crippen molar-refractivity contribution in [2.24, 2.45) is 5.92 Å². The average molecular weight is 470 g/mol. The smallest absolute Gasteiger partial charge is 0.313 e. The molecule has 3 amide bonds. The number of hydrogen-bond acceptors (Lipinski definition) is 7. The number of piperazine rings is 1. The number of methoxy groups -OCH3 is 1. The molecule has 1 aliphatic carbocycles. The van der Waals surface area contributed by atoms with Crippen LogP contribution in [0, 0.1) is 5.92 Å². The fourth-order valence-electron chi connectivity index (χ4n) is 4.19. The van der Waals surface area contributed by atoms with Gasteiger partial charge in [0.05, 0.1) is 18.9 Å². The van der Waals surface area contributed by atoms with Crippen LogP contribution < -0.4 is 15.4 Å². The minimum Gasteiger partial charge on any atom is -0.496 e. The van der Waals surface area contributed by atoms with Crippen LogP contribution in [-0.4, -0.2) is 77.9 Å². The summed E-state index contributed by atoms with van der Waals surface area (Å²) in [6.45, 7) is 7.25. The molecule has 4 rings (SSSR count). The van der Waals surface area contributed by atoms with Gasteiger partial charge in [-0.2, -0.15) is 0 Å². The third-order valence-corrected chi connectivity index (χ3v) is 6.04. The molecule has 0 unspecified atom stereocenters. The van der Waals surface area contributed by atoms with Crippen molar-refractivity contribution >= 4 is 23.4 Å². The lowest BCUT2D eigenvalue weighted by molar-refractivity contribution is -0.137. The predicted octanol–water partition coefficient (Wildman–Crippen LogP) is 1.74. The molecule has 2 heterocycles. The van der Waals surface area contributed by atoms with Crippen LogP contribution in [0.4, 0.5) is 5.69 Å². The highest BCUT2D eigenvalue weighted by atomic mass is 16.5. The van der Waals surface area contributed by atoms with Crippen LogP contribution >= 0.6 is 0 Å². The van der Waals surface area contributed by atoms with Gasteiger partial charge in [-0.25, -0.2) is 4.98 Å². The van der Waals surface area contributed by atoms with E-state index >= 15 is 0 Å². The van der Waals surface area contributed by atoms with Crippen LogP contribution in [0.3, 0.4) is 0 Å². The van der Waals surface area contributed by atoms with E-state index in [2.05, 4.69) is 20.5 Å². The van der Waals surface area contributed by atoms with E-state index in [1.54, 1.807) is 24.4 Å². The van der Waals surface area contributed by atoms with Crippen molar-refractivity contribution in [3.8, 4) is 17.1 Å². The number of carbonyl (C=O) groups is 3. The van der Waals surface area contributed by atoms with Crippen molar-refractivity contribution in [2.45, 2.75) is 32.2 Å². The molecule has 10 heteroatoms. The van der Waals surface area contributed by atoms with Crippen LogP contribution in [0.15, 0.2) is 35.2 Å². The van der Waals surface area contributed by atoms with Gasteiger partial charge in [0.15, 0.2) is 12.2 Å². The molecule has 182 valence electrons. The molecule has 1 aliphatic heterocycles. The Balaban J connectivity index is 1.28. The van der Waals surface area contributed by atoms with Crippen LogP contribution in [0.25, 0.3) is 11.3 Å². The summed E-state index contributed by atoms with van der Waals surface area (Å²) in [5, 5.41) is 5.44. The molecule has 0 radical (unpaired) electrons. The summed E-state index contributed by atoms with van der Waals surface area (Å²) in [6.07, 6.45) is 4.91. The molecule has 1 saturated heterocycles. The number of aromatic nitrogens is 1. The summed E-state index contributed by atoms with van der Waals surface area (Å²) in [4.78, 5) is 45.4. The van der Waals surface area contributed by atoms with E-state index in [1.165, 1.54) is 13.5 Å². The maximum Gasteiger partial charge on any atom is 0.313 e. The zero-order valence-electron chi connectivity index (χ0n) is 19.8. The molecule has 0 spiro atoms. The SMILES string of the molecule is COc1cc(NC(=O)C(=O)NC(C)(C)CN2CCN(C(=O)C3CC3)CC2)ccc1-c1cnco1. The number of amides is 3. The zero-order valence-corrected chi connectivity index (χ0v) is 19.8. The minimum absolute atomic E-state index is 0.235. The van der Waals surface area contributed by atoms with Gasteiger partial charge in [-0.15, -0.1) is 0 Å². The summed E-state index contributed by atoms with van der Waals surface area (Å²) < 4.78 is 10.7. The summed E-state index contributed by atoms with van der Waals surface area (Å²) in [5.41, 5.74) is 0.488. The van der Waals surface area contributed by atoms with Crippen molar-refractivity contribution in [3.05, 3.63) is 30.8 Å². The molecule has 2 N–H and O–H groups in total. The van der Waals surface area contributed by atoms with E-state index in [9.17, 15) is 14.4 Å². The summed E-state index contributed by atoms with van der Waals surface area (Å²) in [6, 6.07) is 5.01. The Labute approximate surface area is 198 Å². The number of benzene rings is 1. The van der Waals surface area contributed by atoms with Gasteiger partial charge in [0.1, 0.15) is 5.75 Å². The Hall–Kier alpha value is -3.40. The fourth-order valence-corrected chi connectivity index (χ4v) is 4.19. The molecule has 0 bridgehead atoms. The quantitative estimate of drug-likeness (QED) is 0.593. The normalized spacial score (nSPS) is 16.7. The van der Waals surface area contributed by atoms with Crippen LogP contribution in [-0.2, 0) is 14.4 Å². The van der Waals surface area contributed by atoms with Crippen molar-refractivity contribution < 1.29 is 23.5 Å². The first-order chi connectivity index (χ1) is 16.3. The van der Waals surface area contributed by atoms with Gasteiger partial charge in [-0.3, -0.25) is 19.3 Å². The molecule has 2 aromatic rings. The lowest BCUT2D eigenvalue weighted by Gasteiger charge is -2.39. The number of oxazole rings is 1. The molecule has 1 aromatic carbocycles. The average Bonchev–Trinajstić information content (AvgIpc) is 3.52. The maximum atomic E-state index is 12.6. The molecule has 0 atom stereocenters. The Kier molecular flexibility index (Phi) is 6.87.